The number of hydrogen-bond acceptors (Lipinski definition) is 8. The molecule has 0 unspecified atom stereocenters. The number of amides is 1. The lowest BCUT2D eigenvalue weighted by Crippen LogP contribution is -2.49. The third kappa shape index (κ3) is 6.04. The molecule has 3 heterocycles. The van der Waals surface area contributed by atoms with E-state index in [1.54, 1.807) is 25.4 Å². The zero-order chi connectivity index (χ0) is 22.9. The van der Waals surface area contributed by atoms with Gasteiger partial charge in [0.1, 0.15) is 11.9 Å². The third-order valence-corrected chi connectivity index (χ3v) is 5.57. The molecule has 32 heavy (non-hydrogen) atoms. The molecule has 2 aromatic heterocycles. The average molecular weight is 440 g/mol. The Labute approximate surface area is 187 Å². The van der Waals surface area contributed by atoms with E-state index in [1.807, 2.05) is 17.9 Å². The number of hydrogen-bond donors (Lipinski definition) is 2. The fourth-order valence-electron chi connectivity index (χ4n) is 3.45. The molecule has 1 atom stereocenters. The Bertz CT molecular complexity index is 992. The quantitative estimate of drug-likeness (QED) is 0.560. The van der Waals surface area contributed by atoms with Crippen LogP contribution >= 0.6 is 0 Å². The summed E-state index contributed by atoms with van der Waals surface area (Å²) < 4.78 is 5.74. The van der Waals surface area contributed by atoms with Gasteiger partial charge in [-0.2, -0.15) is 10.4 Å². The number of H-pyrrole nitrogens is 1. The lowest BCUT2D eigenvalue weighted by atomic mass is 10.2. The second-order valence-electron chi connectivity index (χ2n) is 7.70. The Hall–Kier alpha value is -3.45. The van der Waals surface area contributed by atoms with Gasteiger partial charge < -0.3 is 19.9 Å². The number of piperazine rings is 1. The predicted octanol–water partition coefficient (Wildman–Crippen LogP) is 1.29. The van der Waals surface area contributed by atoms with Crippen molar-refractivity contribution in [2.24, 2.45) is 0 Å². The predicted molar refractivity (Wildman–Crippen MR) is 120 cm³/mol. The van der Waals surface area contributed by atoms with Crippen molar-refractivity contribution in [1.29, 1.82) is 5.26 Å². The van der Waals surface area contributed by atoms with Crippen LogP contribution < -0.4 is 15.8 Å². The summed E-state index contributed by atoms with van der Waals surface area (Å²) in [6, 6.07) is 5.68. The summed E-state index contributed by atoms with van der Waals surface area (Å²) in [6.45, 7) is 7.24. The van der Waals surface area contributed by atoms with Gasteiger partial charge in [0.05, 0.1) is 37.1 Å². The molecule has 2 N–H and O–H groups in total. The number of nitrogens with one attached hydrogen (secondary N) is 2. The number of ether oxygens (including phenoxy) is 1. The van der Waals surface area contributed by atoms with Crippen molar-refractivity contribution >= 4 is 17.4 Å². The number of pyridine rings is 1. The Morgan fingerprint density at radius 3 is 2.75 bits per heavy atom. The molecule has 0 aromatic carbocycles. The van der Waals surface area contributed by atoms with Gasteiger partial charge in [-0.15, -0.1) is 0 Å². The van der Waals surface area contributed by atoms with E-state index in [0.717, 1.165) is 12.2 Å². The molecule has 1 saturated heterocycles. The molecule has 170 valence electrons. The van der Waals surface area contributed by atoms with E-state index in [4.69, 9.17) is 10.00 Å². The van der Waals surface area contributed by atoms with E-state index in [1.165, 1.54) is 0 Å². The first-order chi connectivity index (χ1) is 15.5. The Balaban J connectivity index is 1.38. The van der Waals surface area contributed by atoms with E-state index in [0.29, 0.717) is 62.6 Å². The first-order valence-electron chi connectivity index (χ1n) is 10.8. The van der Waals surface area contributed by atoms with Crippen molar-refractivity contribution in [3.8, 4) is 6.07 Å². The highest BCUT2D eigenvalue weighted by molar-refractivity contribution is 5.76. The van der Waals surface area contributed by atoms with Crippen molar-refractivity contribution in [2.45, 2.75) is 32.7 Å². The summed E-state index contributed by atoms with van der Waals surface area (Å²) in [4.78, 5) is 32.5. The van der Waals surface area contributed by atoms with Crippen LogP contribution in [-0.4, -0.2) is 71.4 Å². The Morgan fingerprint density at radius 1 is 1.31 bits per heavy atom. The van der Waals surface area contributed by atoms with Crippen LogP contribution in [-0.2, 0) is 9.53 Å². The van der Waals surface area contributed by atoms with Crippen LogP contribution in [0.25, 0.3) is 0 Å². The highest BCUT2D eigenvalue weighted by Crippen LogP contribution is 2.15. The molecule has 0 bridgehead atoms. The molecule has 1 aliphatic rings. The molecule has 3 rings (SSSR count). The van der Waals surface area contributed by atoms with Crippen LogP contribution in [0, 0.1) is 18.3 Å². The average Bonchev–Trinajstić information content (AvgIpc) is 2.83. The van der Waals surface area contributed by atoms with Crippen molar-refractivity contribution < 1.29 is 9.53 Å². The number of nitrogens with zero attached hydrogens (tertiary/aromatic N) is 5. The highest BCUT2D eigenvalue weighted by atomic mass is 16.5. The van der Waals surface area contributed by atoms with Gasteiger partial charge in [-0.25, -0.2) is 10.1 Å². The lowest BCUT2D eigenvalue weighted by Gasteiger charge is -2.35. The van der Waals surface area contributed by atoms with Gasteiger partial charge in [-0.05, 0) is 25.5 Å². The minimum atomic E-state index is -0.216. The monoisotopic (exact) mass is 439 g/mol. The van der Waals surface area contributed by atoms with Gasteiger partial charge in [-0.3, -0.25) is 9.59 Å². The van der Waals surface area contributed by atoms with E-state index < -0.39 is 0 Å². The van der Waals surface area contributed by atoms with Gasteiger partial charge in [0.15, 0.2) is 0 Å². The van der Waals surface area contributed by atoms with E-state index >= 15 is 0 Å². The maximum absolute atomic E-state index is 12.5. The number of aromatic amines is 1. The summed E-state index contributed by atoms with van der Waals surface area (Å²) in [7, 11) is 0. The lowest BCUT2D eigenvalue weighted by molar-refractivity contribution is -0.132. The first kappa shape index (κ1) is 23.2. The maximum atomic E-state index is 12.5. The second-order valence-corrected chi connectivity index (χ2v) is 7.70. The van der Waals surface area contributed by atoms with Crippen LogP contribution in [0.2, 0.25) is 0 Å². The van der Waals surface area contributed by atoms with Gasteiger partial charge in [0.2, 0.25) is 5.91 Å². The largest absolute Gasteiger partial charge is 0.379 e. The summed E-state index contributed by atoms with van der Waals surface area (Å²) in [6.07, 6.45) is 4.30. The molecule has 10 nitrogen and oxygen atoms in total. The van der Waals surface area contributed by atoms with Crippen LogP contribution in [0.1, 0.15) is 30.9 Å². The second kappa shape index (κ2) is 11.2. The molecule has 1 fully saturated rings. The van der Waals surface area contributed by atoms with Crippen molar-refractivity contribution in [3.05, 3.63) is 46.0 Å². The molecular weight excluding hydrogens is 410 g/mol. The molecule has 0 saturated carbocycles. The molecule has 2 aromatic rings. The zero-order valence-electron chi connectivity index (χ0n) is 18.5. The number of nitriles is 1. The Morgan fingerprint density at radius 2 is 2.09 bits per heavy atom. The molecule has 10 heteroatoms. The fraction of sp³-hybridized carbons (Fsp3) is 0.500. The fourth-order valence-corrected chi connectivity index (χ4v) is 3.45. The van der Waals surface area contributed by atoms with E-state index in [9.17, 15) is 9.59 Å². The molecular formula is C22H29N7O3. The topological polar surface area (TPSA) is 127 Å². The molecule has 0 radical (unpaired) electrons. The van der Waals surface area contributed by atoms with Crippen LogP contribution in [0.4, 0.5) is 11.5 Å². The SMILES string of the molecule is CC[C@@H](COCCC(=O)N1CCN(c2ccc(C#N)cn2)CC1)Nc1cn[nH]c(=O)c1C. The minimum Gasteiger partial charge on any atom is -0.379 e. The van der Waals surface area contributed by atoms with Crippen molar-refractivity contribution in [3.63, 3.8) is 0 Å². The van der Waals surface area contributed by atoms with Crippen molar-refractivity contribution in [1.82, 2.24) is 20.1 Å². The summed E-state index contributed by atoms with van der Waals surface area (Å²) >= 11 is 0. The van der Waals surface area contributed by atoms with Gasteiger partial charge in [0, 0.05) is 44.0 Å². The van der Waals surface area contributed by atoms with Gasteiger partial charge in [0.25, 0.3) is 5.56 Å². The minimum absolute atomic E-state index is 0.0240. The highest BCUT2D eigenvalue weighted by Gasteiger charge is 2.21. The summed E-state index contributed by atoms with van der Waals surface area (Å²) in [5, 5.41) is 18.4. The van der Waals surface area contributed by atoms with Crippen LogP contribution in [0.3, 0.4) is 0 Å². The number of carbonyl (C=O) groups is 1. The molecule has 1 aliphatic heterocycles. The Kier molecular flexibility index (Phi) is 8.16. The summed E-state index contributed by atoms with van der Waals surface area (Å²) in [5.74, 6) is 0.900. The van der Waals surface area contributed by atoms with Gasteiger partial charge >= 0.3 is 0 Å². The smallest absolute Gasteiger partial charge is 0.269 e. The molecule has 0 aliphatic carbocycles. The normalized spacial score (nSPS) is 14.7. The van der Waals surface area contributed by atoms with E-state index in [2.05, 4.69) is 31.5 Å². The van der Waals surface area contributed by atoms with Crippen LogP contribution in [0.15, 0.2) is 29.3 Å². The van der Waals surface area contributed by atoms with Crippen molar-refractivity contribution in [2.75, 3.05) is 49.6 Å². The number of rotatable bonds is 9. The van der Waals surface area contributed by atoms with E-state index in [-0.39, 0.29) is 17.5 Å². The maximum Gasteiger partial charge on any atom is 0.269 e. The molecule has 1 amide bonds. The van der Waals surface area contributed by atoms with Gasteiger partial charge in [-0.1, -0.05) is 6.92 Å². The standard InChI is InChI=1S/C22H29N7O3/c1-3-18(26-19-14-25-27-22(31)16(19)2)15-32-11-6-21(30)29-9-7-28(8-10-29)20-5-4-17(12-23)13-24-20/h4-5,13-14,18H,3,6-11,15H2,1-2H3,(H2,26,27,31)/t18-/m0/s1. The molecule has 0 spiro atoms. The zero-order valence-corrected chi connectivity index (χ0v) is 18.5. The third-order valence-electron chi connectivity index (χ3n) is 5.57. The number of carbonyl (C=O) groups excluding carboxylic acids is 1. The number of aromatic nitrogens is 3. The van der Waals surface area contributed by atoms with Crippen LogP contribution in [0.5, 0.6) is 0 Å². The number of anilines is 2. The first-order valence-corrected chi connectivity index (χ1v) is 10.8. The summed E-state index contributed by atoms with van der Waals surface area (Å²) in [5.41, 5.74) is 1.60.